The summed E-state index contributed by atoms with van der Waals surface area (Å²) in [6, 6.07) is 0. The van der Waals surface area contributed by atoms with Gasteiger partial charge in [0, 0.05) is 5.41 Å². The molecule has 2 heteroatoms. The van der Waals surface area contributed by atoms with Gasteiger partial charge in [0.2, 0.25) is 0 Å². The summed E-state index contributed by atoms with van der Waals surface area (Å²) < 4.78 is 6.69. The van der Waals surface area contributed by atoms with Crippen LogP contribution in [0.4, 0.5) is 0 Å². The molecule has 32 heavy (non-hydrogen) atoms. The lowest BCUT2D eigenvalue weighted by molar-refractivity contribution is -0.233. The Kier molecular flexibility index (Phi) is 4.24. The molecule has 5 aliphatic carbocycles. The second-order valence-electron chi connectivity index (χ2n) is 14.6. The summed E-state index contributed by atoms with van der Waals surface area (Å²) in [7, 11) is 0. The van der Waals surface area contributed by atoms with Crippen LogP contribution >= 0.6 is 0 Å². The molecule has 3 saturated heterocycles. The van der Waals surface area contributed by atoms with Gasteiger partial charge in [-0.1, -0.05) is 60.1 Å². The summed E-state index contributed by atoms with van der Waals surface area (Å²) in [6.07, 6.45) is 13.4. The zero-order valence-corrected chi connectivity index (χ0v) is 21.7. The first kappa shape index (κ1) is 21.7. The van der Waals surface area contributed by atoms with Crippen molar-refractivity contribution in [2.45, 2.75) is 112 Å². The molecule has 4 saturated carbocycles. The van der Waals surface area contributed by atoms with Crippen molar-refractivity contribution in [2.24, 2.45) is 56.7 Å². The fourth-order valence-corrected chi connectivity index (χ4v) is 11.3. The number of hydrogen-bond donors (Lipinski definition) is 0. The van der Waals surface area contributed by atoms with E-state index in [0.29, 0.717) is 34.5 Å². The van der Waals surface area contributed by atoms with Crippen molar-refractivity contribution < 1.29 is 9.53 Å². The molecule has 1 spiro atoms. The molecule has 0 radical (unpaired) electrons. The normalized spacial score (nSPS) is 58.0. The van der Waals surface area contributed by atoms with E-state index in [4.69, 9.17) is 4.74 Å². The maximum absolute atomic E-state index is 14.3. The Morgan fingerprint density at radius 1 is 0.875 bits per heavy atom. The van der Waals surface area contributed by atoms with Crippen molar-refractivity contribution in [3.05, 3.63) is 11.6 Å². The van der Waals surface area contributed by atoms with E-state index < -0.39 is 0 Å². The van der Waals surface area contributed by atoms with Gasteiger partial charge < -0.3 is 4.74 Å². The lowest BCUT2D eigenvalue weighted by Gasteiger charge is -2.72. The van der Waals surface area contributed by atoms with Gasteiger partial charge in [-0.15, -0.1) is 0 Å². The number of carbonyl (C=O) groups excluding carboxylic acids is 1. The number of hydrogen-bond acceptors (Lipinski definition) is 2. The van der Waals surface area contributed by atoms with Crippen LogP contribution in [0, 0.1) is 56.7 Å². The number of ether oxygens (including phenoxy) is 1. The third-order valence-corrected chi connectivity index (χ3v) is 13.6. The highest BCUT2D eigenvalue weighted by molar-refractivity contribution is 5.79. The Hall–Kier alpha value is -0.790. The van der Waals surface area contributed by atoms with Crippen LogP contribution in [0.3, 0.4) is 0 Å². The minimum absolute atomic E-state index is 0.0625. The quantitative estimate of drug-likeness (QED) is 0.288. The van der Waals surface area contributed by atoms with Crippen LogP contribution in [0.25, 0.3) is 0 Å². The zero-order chi connectivity index (χ0) is 22.9. The van der Waals surface area contributed by atoms with Crippen molar-refractivity contribution in [3.8, 4) is 0 Å². The highest BCUT2D eigenvalue weighted by Crippen LogP contribution is 2.76. The molecule has 10 aliphatic rings. The number of esters is 1. The molecule has 10 atom stereocenters. The number of carbonyl (C=O) groups is 1. The largest absolute Gasteiger partial charge is 0.461 e. The van der Waals surface area contributed by atoms with E-state index in [1.165, 1.54) is 38.5 Å². The second kappa shape index (κ2) is 6.25. The highest BCUT2D eigenvalue weighted by atomic mass is 16.5. The van der Waals surface area contributed by atoms with Gasteiger partial charge >= 0.3 is 5.97 Å². The highest BCUT2D eigenvalue weighted by Gasteiger charge is 2.71. The molecular formula is C30H46O2. The Morgan fingerprint density at radius 3 is 2.38 bits per heavy atom. The van der Waals surface area contributed by atoms with E-state index >= 15 is 0 Å². The summed E-state index contributed by atoms with van der Waals surface area (Å²) in [6.45, 7) is 17.7. The van der Waals surface area contributed by atoms with Gasteiger partial charge in [-0.25, -0.2) is 0 Å². The summed E-state index contributed by atoms with van der Waals surface area (Å²) in [5, 5.41) is 0. The van der Waals surface area contributed by atoms with E-state index in [1.807, 2.05) is 0 Å². The van der Waals surface area contributed by atoms with Crippen molar-refractivity contribution in [3.63, 3.8) is 0 Å². The van der Waals surface area contributed by atoms with Gasteiger partial charge in [0.15, 0.2) is 0 Å². The Bertz CT molecular complexity index is 885. The maximum atomic E-state index is 14.3. The number of allylic oxidation sites excluding steroid dienone is 2. The first-order valence-corrected chi connectivity index (χ1v) is 13.8. The first-order valence-electron chi connectivity index (χ1n) is 13.8. The average Bonchev–Trinajstić information content (AvgIpc) is 2.72. The minimum Gasteiger partial charge on any atom is -0.461 e. The summed E-state index contributed by atoms with van der Waals surface area (Å²) in [5.41, 5.74) is 2.38. The topological polar surface area (TPSA) is 26.3 Å². The molecule has 0 aromatic rings. The van der Waals surface area contributed by atoms with Crippen LogP contribution in [0.5, 0.6) is 0 Å². The molecule has 8 bridgehead atoms. The van der Waals surface area contributed by atoms with Crippen molar-refractivity contribution in [1.29, 1.82) is 0 Å². The third-order valence-electron chi connectivity index (χ3n) is 13.6. The van der Waals surface area contributed by atoms with Gasteiger partial charge in [-0.05, 0) is 104 Å². The van der Waals surface area contributed by atoms with E-state index in [9.17, 15) is 4.79 Å². The molecule has 10 unspecified atom stereocenters. The summed E-state index contributed by atoms with van der Waals surface area (Å²) >= 11 is 0. The van der Waals surface area contributed by atoms with Crippen LogP contribution in [-0.2, 0) is 9.53 Å². The van der Waals surface area contributed by atoms with Crippen LogP contribution in [-0.4, -0.2) is 12.1 Å². The van der Waals surface area contributed by atoms with E-state index in [0.717, 1.165) is 25.2 Å². The number of rotatable bonds is 0. The molecular weight excluding hydrogens is 392 g/mol. The Labute approximate surface area is 196 Å². The van der Waals surface area contributed by atoms with Gasteiger partial charge in [0.1, 0.15) is 6.10 Å². The lowest BCUT2D eigenvalue weighted by atomic mass is 9.33. The lowest BCUT2D eigenvalue weighted by Crippen LogP contribution is -2.67. The fraction of sp³-hybridized carbons (Fsp3) is 0.900. The van der Waals surface area contributed by atoms with Gasteiger partial charge in [0.25, 0.3) is 0 Å². The standard InChI is InChI=1S/C30H46O2/c1-18-10-15-30-17-16-28(6)20(24(30)19(18)2)8-9-22-27(5)13-12-23(32-25(30)31)26(3,4)21(27)11-14-29(22,28)7/h8,18-19,21-24H,9-17H2,1-7H3. The fourth-order valence-electron chi connectivity index (χ4n) is 11.3. The molecule has 10 rings (SSSR count). The monoisotopic (exact) mass is 438 g/mol. The van der Waals surface area contributed by atoms with Crippen LogP contribution < -0.4 is 0 Å². The third kappa shape index (κ3) is 2.23. The van der Waals surface area contributed by atoms with E-state index in [1.54, 1.807) is 5.57 Å². The van der Waals surface area contributed by atoms with Crippen molar-refractivity contribution >= 4 is 5.97 Å². The molecule has 5 aliphatic heterocycles. The van der Waals surface area contributed by atoms with Gasteiger partial charge in [-0.2, -0.15) is 0 Å². The van der Waals surface area contributed by atoms with Crippen LogP contribution in [0.1, 0.15) is 106 Å². The Balaban J connectivity index is 1.63. The first-order chi connectivity index (χ1) is 14.9. The average molecular weight is 439 g/mol. The SMILES string of the molecule is CC1CCC23CCC4(C)C(=CCC5C6(C)CCC(OC2=O)C(C)(C)C6CCC54C)C3C1C. The smallest absolute Gasteiger partial charge is 0.312 e. The van der Waals surface area contributed by atoms with E-state index in [-0.39, 0.29) is 28.3 Å². The molecule has 2 nitrogen and oxygen atoms in total. The van der Waals surface area contributed by atoms with Gasteiger partial charge in [-0.3, -0.25) is 4.79 Å². The van der Waals surface area contributed by atoms with Crippen molar-refractivity contribution in [1.82, 2.24) is 0 Å². The van der Waals surface area contributed by atoms with Gasteiger partial charge in [0.05, 0.1) is 5.41 Å². The van der Waals surface area contributed by atoms with Crippen molar-refractivity contribution in [2.75, 3.05) is 0 Å². The predicted molar refractivity (Wildman–Crippen MR) is 129 cm³/mol. The molecule has 0 amide bonds. The second-order valence-corrected chi connectivity index (χ2v) is 14.6. The van der Waals surface area contributed by atoms with Crippen LogP contribution in [0.2, 0.25) is 0 Å². The molecule has 0 aromatic heterocycles. The zero-order valence-electron chi connectivity index (χ0n) is 21.7. The molecule has 0 N–H and O–H groups in total. The summed E-state index contributed by atoms with van der Waals surface area (Å²) in [4.78, 5) is 14.3. The molecule has 178 valence electrons. The molecule has 7 fully saturated rings. The molecule has 5 heterocycles. The predicted octanol–water partition coefficient (Wildman–Crippen LogP) is 7.57. The van der Waals surface area contributed by atoms with E-state index in [2.05, 4.69) is 54.5 Å². The minimum atomic E-state index is -0.282. The summed E-state index contributed by atoms with van der Waals surface area (Å²) in [5.74, 6) is 3.19. The van der Waals surface area contributed by atoms with Crippen LogP contribution in [0.15, 0.2) is 11.6 Å². The molecule has 0 aromatic carbocycles. The Morgan fingerprint density at radius 2 is 1.62 bits per heavy atom. The maximum Gasteiger partial charge on any atom is 0.312 e.